The minimum Gasteiger partial charge on any atom is -0.386 e. The van der Waals surface area contributed by atoms with Gasteiger partial charge in [-0.2, -0.15) is 0 Å². The van der Waals surface area contributed by atoms with Gasteiger partial charge in [-0.05, 0) is 26.7 Å². The Labute approximate surface area is 121 Å². The number of amides is 1. The van der Waals surface area contributed by atoms with E-state index < -0.39 is 5.60 Å². The number of aliphatic hydroxyl groups is 1. The minimum absolute atomic E-state index is 0.155. The fourth-order valence-corrected chi connectivity index (χ4v) is 2.99. The van der Waals surface area contributed by atoms with E-state index in [1.54, 1.807) is 0 Å². The van der Waals surface area contributed by atoms with Gasteiger partial charge in [0.2, 0.25) is 5.91 Å². The highest BCUT2D eigenvalue weighted by atomic mass is 16.5. The van der Waals surface area contributed by atoms with Crippen LogP contribution < -0.4 is 5.32 Å². The Bertz CT molecular complexity index is 329. The molecule has 2 aliphatic heterocycles. The predicted molar refractivity (Wildman–Crippen MR) is 77.5 cm³/mol. The summed E-state index contributed by atoms with van der Waals surface area (Å²) in [6, 6.07) is -0.245. The first-order chi connectivity index (χ1) is 9.53. The standard InChI is InChI=1S/C15H28N2O3/c1-12(14(18)17-8-5-3-4-6-9-17)16-11-15(19)7-10-20-13(15)2/h12-13,16,19H,3-11H2,1-2H3. The van der Waals surface area contributed by atoms with E-state index in [9.17, 15) is 9.90 Å². The summed E-state index contributed by atoms with van der Waals surface area (Å²) in [6.45, 7) is 6.51. The highest BCUT2D eigenvalue weighted by Gasteiger charge is 2.39. The second-order valence-electron chi connectivity index (χ2n) is 6.21. The molecule has 0 aliphatic carbocycles. The van der Waals surface area contributed by atoms with Crippen LogP contribution in [-0.4, -0.2) is 59.9 Å². The van der Waals surface area contributed by atoms with Crippen molar-refractivity contribution in [1.29, 1.82) is 0 Å². The molecule has 0 radical (unpaired) electrons. The smallest absolute Gasteiger partial charge is 0.239 e. The summed E-state index contributed by atoms with van der Waals surface area (Å²) in [5, 5.41) is 13.6. The maximum absolute atomic E-state index is 12.4. The molecule has 2 aliphatic rings. The molecule has 20 heavy (non-hydrogen) atoms. The second-order valence-corrected chi connectivity index (χ2v) is 6.21. The van der Waals surface area contributed by atoms with E-state index in [-0.39, 0.29) is 18.1 Å². The van der Waals surface area contributed by atoms with Gasteiger partial charge in [0.1, 0.15) is 5.60 Å². The number of nitrogens with one attached hydrogen (secondary N) is 1. The molecule has 2 fully saturated rings. The molecule has 1 amide bonds. The van der Waals surface area contributed by atoms with Crippen molar-refractivity contribution < 1.29 is 14.6 Å². The van der Waals surface area contributed by atoms with Gasteiger partial charge in [0.05, 0.1) is 12.1 Å². The highest BCUT2D eigenvalue weighted by Crippen LogP contribution is 2.24. The normalized spacial score (nSPS) is 33.0. The Kier molecular flexibility index (Phi) is 5.41. The average molecular weight is 284 g/mol. The monoisotopic (exact) mass is 284 g/mol. The SMILES string of the molecule is CC(NCC1(O)CCOC1C)C(=O)N1CCCCCC1. The summed E-state index contributed by atoms with van der Waals surface area (Å²) in [5.41, 5.74) is -0.840. The van der Waals surface area contributed by atoms with Crippen LogP contribution in [0.4, 0.5) is 0 Å². The zero-order valence-electron chi connectivity index (χ0n) is 12.7. The fourth-order valence-electron chi connectivity index (χ4n) is 2.99. The lowest BCUT2D eigenvalue weighted by Crippen LogP contribution is -2.52. The van der Waals surface area contributed by atoms with Gasteiger partial charge in [0.15, 0.2) is 0 Å². The van der Waals surface area contributed by atoms with Crippen LogP contribution in [0.25, 0.3) is 0 Å². The van der Waals surface area contributed by atoms with Crippen LogP contribution in [0.5, 0.6) is 0 Å². The average Bonchev–Trinajstić information content (AvgIpc) is 2.67. The summed E-state index contributed by atoms with van der Waals surface area (Å²) < 4.78 is 5.41. The van der Waals surface area contributed by atoms with Gasteiger partial charge in [-0.1, -0.05) is 12.8 Å². The number of carbonyl (C=O) groups excluding carboxylic acids is 1. The molecule has 0 aromatic carbocycles. The number of rotatable bonds is 4. The van der Waals surface area contributed by atoms with Crippen LogP contribution in [0.1, 0.15) is 46.0 Å². The summed E-state index contributed by atoms with van der Waals surface area (Å²) >= 11 is 0. The molecule has 0 bridgehead atoms. The Morgan fingerprint density at radius 1 is 1.40 bits per heavy atom. The summed E-state index contributed by atoms with van der Waals surface area (Å²) in [6.07, 6.45) is 5.11. The van der Waals surface area contributed by atoms with E-state index >= 15 is 0 Å². The Morgan fingerprint density at radius 3 is 2.60 bits per heavy atom. The lowest BCUT2D eigenvalue weighted by molar-refractivity contribution is -0.133. The number of nitrogens with zero attached hydrogens (tertiary/aromatic N) is 1. The molecule has 2 heterocycles. The van der Waals surface area contributed by atoms with E-state index in [4.69, 9.17) is 4.74 Å². The predicted octanol–water partition coefficient (Wildman–Crippen LogP) is 0.907. The maximum Gasteiger partial charge on any atom is 0.239 e. The van der Waals surface area contributed by atoms with Crippen LogP contribution in [0.2, 0.25) is 0 Å². The fraction of sp³-hybridized carbons (Fsp3) is 0.933. The van der Waals surface area contributed by atoms with Crippen molar-refractivity contribution >= 4 is 5.91 Å². The first kappa shape index (κ1) is 15.7. The van der Waals surface area contributed by atoms with Crippen molar-refractivity contribution in [2.45, 2.75) is 63.7 Å². The first-order valence-electron chi connectivity index (χ1n) is 7.89. The molecule has 5 heteroatoms. The number of hydrogen-bond acceptors (Lipinski definition) is 4. The van der Waals surface area contributed by atoms with E-state index in [0.29, 0.717) is 19.6 Å². The summed E-state index contributed by atoms with van der Waals surface area (Å²) in [7, 11) is 0. The van der Waals surface area contributed by atoms with Crippen molar-refractivity contribution in [3.8, 4) is 0 Å². The van der Waals surface area contributed by atoms with Crippen LogP contribution in [0.3, 0.4) is 0 Å². The molecule has 3 atom stereocenters. The largest absolute Gasteiger partial charge is 0.386 e. The molecule has 0 aromatic rings. The molecule has 0 aromatic heterocycles. The van der Waals surface area contributed by atoms with Crippen molar-refractivity contribution in [2.24, 2.45) is 0 Å². The van der Waals surface area contributed by atoms with Gasteiger partial charge in [0, 0.05) is 32.7 Å². The highest BCUT2D eigenvalue weighted by molar-refractivity contribution is 5.81. The van der Waals surface area contributed by atoms with Crippen LogP contribution >= 0.6 is 0 Å². The number of hydrogen-bond donors (Lipinski definition) is 2. The third kappa shape index (κ3) is 3.71. The molecule has 3 unspecified atom stereocenters. The quantitative estimate of drug-likeness (QED) is 0.805. The zero-order chi connectivity index (χ0) is 14.6. The molecule has 0 saturated carbocycles. The van der Waals surface area contributed by atoms with Crippen molar-refractivity contribution in [1.82, 2.24) is 10.2 Å². The van der Waals surface area contributed by atoms with Gasteiger partial charge in [-0.15, -0.1) is 0 Å². The number of carbonyl (C=O) groups is 1. The lowest BCUT2D eigenvalue weighted by Gasteiger charge is -2.30. The molecule has 116 valence electrons. The zero-order valence-corrected chi connectivity index (χ0v) is 12.7. The van der Waals surface area contributed by atoms with E-state index in [2.05, 4.69) is 5.32 Å². The third-order valence-corrected chi connectivity index (χ3v) is 4.66. The van der Waals surface area contributed by atoms with Crippen LogP contribution in [0.15, 0.2) is 0 Å². The Balaban J connectivity index is 1.81. The van der Waals surface area contributed by atoms with Gasteiger partial charge in [-0.25, -0.2) is 0 Å². The second kappa shape index (κ2) is 6.87. The maximum atomic E-state index is 12.4. The molecule has 2 rings (SSSR count). The molecular weight excluding hydrogens is 256 g/mol. The van der Waals surface area contributed by atoms with Crippen molar-refractivity contribution in [3.05, 3.63) is 0 Å². The first-order valence-corrected chi connectivity index (χ1v) is 7.89. The van der Waals surface area contributed by atoms with Crippen LogP contribution in [0, 0.1) is 0 Å². The lowest BCUT2D eigenvalue weighted by atomic mass is 9.96. The molecular formula is C15H28N2O3. The van der Waals surface area contributed by atoms with Crippen molar-refractivity contribution in [2.75, 3.05) is 26.2 Å². The van der Waals surface area contributed by atoms with Gasteiger partial charge in [-0.3, -0.25) is 4.79 Å². The van der Waals surface area contributed by atoms with E-state index in [0.717, 1.165) is 25.9 Å². The molecule has 0 spiro atoms. The van der Waals surface area contributed by atoms with E-state index in [1.807, 2.05) is 18.7 Å². The van der Waals surface area contributed by atoms with Gasteiger partial charge >= 0.3 is 0 Å². The molecule has 5 nitrogen and oxygen atoms in total. The number of likely N-dealkylation sites (tertiary alicyclic amines) is 1. The Morgan fingerprint density at radius 2 is 2.05 bits per heavy atom. The summed E-state index contributed by atoms with van der Waals surface area (Å²) in [5.74, 6) is 0.155. The summed E-state index contributed by atoms with van der Waals surface area (Å²) in [4.78, 5) is 14.4. The van der Waals surface area contributed by atoms with Gasteiger partial charge < -0.3 is 20.1 Å². The van der Waals surface area contributed by atoms with Crippen LogP contribution in [-0.2, 0) is 9.53 Å². The minimum atomic E-state index is -0.840. The van der Waals surface area contributed by atoms with Crippen molar-refractivity contribution in [3.63, 3.8) is 0 Å². The number of ether oxygens (including phenoxy) is 1. The van der Waals surface area contributed by atoms with Gasteiger partial charge in [0.25, 0.3) is 0 Å². The topological polar surface area (TPSA) is 61.8 Å². The Hall–Kier alpha value is -0.650. The van der Waals surface area contributed by atoms with E-state index in [1.165, 1.54) is 12.8 Å². The molecule has 2 saturated heterocycles. The molecule has 2 N–H and O–H groups in total. The third-order valence-electron chi connectivity index (χ3n) is 4.66.